The second-order valence-corrected chi connectivity index (χ2v) is 15.2. The van der Waals surface area contributed by atoms with Crippen molar-refractivity contribution in [1.82, 2.24) is 21.3 Å². The van der Waals surface area contributed by atoms with Crippen molar-refractivity contribution in [3.05, 3.63) is 35.9 Å². The molecule has 1 fully saturated rings. The van der Waals surface area contributed by atoms with Gasteiger partial charge in [0.25, 0.3) is 0 Å². The van der Waals surface area contributed by atoms with Crippen LogP contribution in [0.5, 0.6) is 0 Å². The molecular weight excluding hydrogens is 704 g/mol. The molecule has 1 saturated carbocycles. The lowest BCUT2D eigenvalue weighted by atomic mass is 9.97. The third-order valence-electron chi connectivity index (χ3n) is 10.2. The van der Waals surface area contributed by atoms with Gasteiger partial charge in [-0.2, -0.15) is 0 Å². The van der Waals surface area contributed by atoms with Gasteiger partial charge in [0.1, 0.15) is 24.2 Å². The molecule has 0 spiro atoms. The van der Waals surface area contributed by atoms with Crippen molar-refractivity contribution in [3.63, 3.8) is 0 Å². The van der Waals surface area contributed by atoms with Crippen molar-refractivity contribution >= 4 is 41.4 Å². The van der Waals surface area contributed by atoms with Crippen LogP contribution in [0.1, 0.15) is 141 Å². The summed E-state index contributed by atoms with van der Waals surface area (Å²) in [6.07, 6.45) is 15.4. The molecule has 0 heterocycles. The van der Waals surface area contributed by atoms with Crippen molar-refractivity contribution < 1.29 is 38.7 Å². The third kappa shape index (κ3) is 20.7. The monoisotopic (exact) mass is 770 g/mol. The molecule has 308 valence electrons. The van der Waals surface area contributed by atoms with E-state index in [2.05, 4.69) is 21.3 Å². The summed E-state index contributed by atoms with van der Waals surface area (Å²) in [5.74, 6) is -3.87. The highest BCUT2D eigenvalue weighted by atomic mass is 16.4. The molecule has 14 nitrogen and oxygen atoms in total. The molecule has 6 amide bonds. The number of benzene rings is 1. The highest BCUT2D eigenvalue weighted by Crippen LogP contribution is 2.33. The van der Waals surface area contributed by atoms with Gasteiger partial charge < -0.3 is 37.8 Å². The fraction of sp³-hybridized carbons (Fsp3) is 0.683. The van der Waals surface area contributed by atoms with E-state index in [9.17, 15) is 38.7 Å². The molecule has 55 heavy (non-hydrogen) atoms. The number of aliphatic carboxylic acids is 1. The van der Waals surface area contributed by atoms with Gasteiger partial charge in [-0.25, -0.2) is 4.79 Å². The van der Waals surface area contributed by atoms with Crippen molar-refractivity contribution in [3.8, 4) is 0 Å². The number of unbranched alkanes of at least 4 members (excludes halogenated alkanes) is 11. The maximum Gasteiger partial charge on any atom is 0.326 e. The number of nitrogens with one attached hydrogen (secondary N) is 4. The Bertz CT molecular complexity index is 1370. The minimum absolute atomic E-state index is 0.0498. The predicted molar refractivity (Wildman–Crippen MR) is 210 cm³/mol. The van der Waals surface area contributed by atoms with E-state index in [0.29, 0.717) is 31.6 Å². The number of carbonyl (C=O) groups is 7. The largest absolute Gasteiger partial charge is 0.480 e. The van der Waals surface area contributed by atoms with Crippen LogP contribution in [0, 0.1) is 11.8 Å². The number of nitrogens with two attached hydrogens (primary N) is 2. The van der Waals surface area contributed by atoms with Gasteiger partial charge in [0.05, 0.1) is 6.42 Å². The van der Waals surface area contributed by atoms with E-state index < -0.39 is 60.2 Å². The summed E-state index contributed by atoms with van der Waals surface area (Å²) in [6, 6.07) is 4.94. The SMILES string of the molecule is CC[C@H](C)[C@H](NC(=O)CCCCCCCCCCCCCCC(=O)N[C@@H](CC(N)=O)C(=O)N[C@@H](Cc1ccccc1)C(=O)O)C(=O)N[C@@H](CC1CC1)C(N)=O. The standard InChI is InChI=1S/C41H66N6O8/c1-3-28(2)37(40(53)45-31(38(43)51)25-30-23-24-30)47-36(50)22-18-13-11-9-7-5-4-6-8-10-12-17-21-35(49)44-32(27-34(42)48)39(52)46-33(41(54)55)26-29-19-15-14-16-20-29/h14-16,19-20,28,30-33,37H,3-13,17-18,21-27H2,1-2H3,(H2,42,48)(H2,43,51)(H,44,49)(H,45,53)(H,46,52)(H,47,50)(H,54,55)/t28-,31-,32-,33-,37-/m0/s1. The van der Waals surface area contributed by atoms with Crippen LogP contribution in [0.4, 0.5) is 0 Å². The molecule has 0 aliphatic heterocycles. The summed E-state index contributed by atoms with van der Waals surface area (Å²) in [5.41, 5.74) is 11.5. The maximum absolute atomic E-state index is 13.0. The second kappa shape index (κ2) is 26.3. The summed E-state index contributed by atoms with van der Waals surface area (Å²) in [5, 5.41) is 20.2. The van der Waals surface area contributed by atoms with Gasteiger partial charge in [-0.05, 0) is 36.7 Å². The number of carbonyl (C=O) groups excluding carboxylic acids is 6. The van der Waals surface area contributed by atoms with Gasteiger partial charge in [0, 0.05) is 19.3 Å². The summed E-state index contributed by atoms with van der Waals surface area (Å²) in [7, 11) is 0. The van der Waals surface area contributed by atoms with Gasteiger partial charge in [-0.1, -0.05) is 128 Å². The average molecular weight is 771 g/mol. The Labute approximate surface area is 326 Å². The highest BCUT2D eigenvalue weighted by Gasteiger charge is 2.33. The van der Waals surface area contributed by atoms with E-state index in [1.807, 2.05) is 13.8 Å². The number of rotatable bonds is 31. The summed E-state index contributed by atoms with van der Waals surface area (Å²) >= 11 is 0. The van der Waals surface area contributed by atoms with Gasteiger partial charge in [-0.15, -0.1) is 0 Å². The van der Waals surface area contributed by atoms with Crippen molar-refractivity contribution in [2.45, 2.75) is 166 Å². The second-order valence-electron chi connectivity index (χ2n) is 15.2. The first-order valence-electron chi connectivity index (χ1n) is 20.3. The molecule has 1 aromatic rings. The normalized spacial score (nSPS) is 15.1. The van der Waals surface area contributed by atoms with Crippen molar-refractivity contribution in [2.75, 3.05) is 0 Å². The topological polar surface area (TPSA) is 240 Å². The molecule has 1 aliphatic rings. The minimum Gasteiger partial charge on any atom is -0.480 e. The molecule has 0 unspecified atom stereocenters. The van der Waals surface area contributed by atoms with E-state index in [1.54, 1.807) is 30.3 Å². The third-order valence-corrected chi connectivity index (χ3v) is 10.2. The van der Waals surface area contributed by atoms with Gasteiger partial charge in [0.15, 0.2) is 0 Å². The molecule has 0 aromatic heterocycles. The van der Waals surface area contributed by atoms with E-state index >= 15 is 0 Å². The van der Waals surface area contributed by atoms with E-state index in [0.717, 1.165) is 89.0 Å². The Kier molecular flexibility index (Phi) is 22.3. The first-order chi connectivity index (χ1) is 26.3. The molecule has 0 saturated heterocycles. The lowest BCUT2D eigenvalue weighted by Gasteiger charge is -2.26. The number of hydrogen-bond donors (Lipinski definition) is 7. The highest BCUT2D eigenvalue weighted by molar-refractivity contribution is 5.94. The molecule has 0 bridgehead atoms. The first-order valence-corrected chi connectivity index (χ1v) is 20.3. The Balaban J connectivity index is 1.53. The zero-order valence-corrected chi connectivity index (χ0v) is 33.0. The summed E-state index contributed by atoms with van der Waals surface area (Å²) in [4.78, 5) is 86.3. The van der Waals surface area contributed by atoms with Crippen LogP contribution in [0.25, 0.3) is 0 Å². The van der Waals surface area contributed by atoms with Crippen LogP contribution in [-0.4, -0.2) is 70.7 Å². The van der Waals surface area contributed by atoms with E-state index in [4.69, 9.17) is 11.5 Å². The zero-order chi connectivity index (χ0) is 40.6. The molecule has 1 aromatic carbocycles. The maximum atomic E-state index is 13.0. The molecule has 0 radical (unpaired) electrons. The fourth-order valence-corrected chi connectivity index (χ4v) is 6.48. The number of primary amides is 2. The molecule has 9 N–H and O–H groups in total. The Morgan fingerprint density at radius 2 is 1.16 bits per heavy atom. The molecule has 2 rings (SSSR count). The fourth-order valence-electron chi connectivity index (χ4n) is 6.48. The number of carboxylic acid groups (broad SMARTS) is 1. The van der Waals surface area contributed by atoms with Crippen LogP contribution in [0.15, 0.2) is 30.3 Å². The molecule has 14 heteroatoms. The Morgan fingerprint density at radius 1 is 0.673 bits per heavy atom. The average Bonchev–Trinajstić information content (AvgIpc) is 3.97. The molecular formula is C41H66N6O8. The van der Waals surface area contributed by atoms with Crippen LogP contribution in [-0.2, 0) is 40.0 Å². The number of carboxylic acids is 1. The quantitative estimate of drug-likeness (QED) is 0.0545. The lowest BCUT2D eigenvalue weighted by molar-refractivity contribution is -0.142. The predicted octanol–water partition coefficient (Wildman–Crippen LogP) is 3.92. The van der Waals surface area contributed by atoms with Gasteiger partial charge in [0.2, 0.25) is 35.4 Å². The lowest BCUT2D eigenvalue weighted by Crippen LogP contribution is -2.55. The zero-order valence-electron chi connectivity index (χ0n) is 33.0. The minimum atomic E-state index is -1.25. The Morgan fingerprint density at radius 3 is 1.62 bits per heavy atom. The van der Waals surface area contributed by atoms with Crippen LogP contribution < -0.4 is 32.7 Å². The molecule has 1 aliphatic carbocycles. The van der Waals surface area contributed by atoms with Crippen LogP contribution in [0.3, 0.4) is 0 Å². The van der Waals surface area contributed by atoms with Crippen LogP contribution >= 0.6 is 0 Å². The van der Waals surface area contributed by atoms with E-state index in [-0.39, 0.29) is 30.6 Å². The van der Waals surface area contributed by atoms with Crippen LogP contribution in [0.2, 0.25) is 0 Å². The smallest absolute Gasteiger partial charge is 0.326 e. The van der Waals surface area contributed by atoms with Crippen molar-refractivity contribution in [1.29, 1.82) is 0 Å². The number of hydrogen-bond acceptors (Lipinski definition) is 7. The summed E-state index contributed by atoms with van der Waals surface area (Å²) < 4.78 is 0. The van der Waals surface area contributed by atoms with Crippen molar-refractivity contribution in [2.24, 2.45) is 23.3 Å². The first kappa shape index (κ1) is 46.7. The molecule has 5 atom stereocenters. The Hall–Kier alpha value is -4.49. The van der Waals surface area contributed by atoms with E-state index in [1.165, 1.54) is 0 Å². The van der Waals surface area contributed by atoms with Gasteiger partial charge >= 0.3 is 5.97 Å². The number of amides is 6. The van der Waals surface area contributed by atoms with Gasteiger partial charge in [-0.3, -0.25) is 28.8 Å². The summed E-state index contributed by atoms with van der Waals surface area (Å²) in [6.45, 7) is 3.88.